The monoisotopic (exact) mass is 348 g/mol. The third-order valence-corrected chi connectivity index (χ3v) is 4.39. The molecule has 0 heterocycles. The van der Waals surface area contributed by atoms with Crippen molar-refractivity contribution in [3.05, 3.63) is 53.6 Å². The van der Waals surface area contributed by atoms with Crippen molar-refractivity contribution in [2.75, 3.05) is 6.61 Å². The molecule has 0 saturated carbocycles. The van der Waals surface area contributed by atoms with Gasteiger partial charge in [0.2, 0.25) is 10.0 Å². The van der Waals surface area contributed by atoms with Gasteiger partial charge in [-0.05, 0) is 43.7 Å². The molecular formula is C17H20N2O4S. The molecule has 0 aliphatic rings. The molecule has 128 valence electrons. The van der Waals surface area contributed by atoms with Crippen molar-refractivity contribution in [2.24, 2.45) is 10.1 Å². The molecule has 0 bridgehead atoms. The van der Waals surface area contributed by atoms with E-state index < -0.39 is 10.0 Å². The zero-order chi connectivity index (χ0) is 17.7. The molecule has 0 spiro atoms. The number of hydrogen-bond acceptors (Lipinski definition) is 5. The standard InChI is InChI=1S/C17H20N2O4S/c1-3-23-16-6-4-5-14(17(16)20)11-19-12(2)13-7-9-15(10-8-13)24(18,21)22/h4-12,20H,3H2,1-2H3,(H2,18,21,22)/t12-/m1/s1. The number of benzene rings is 2. The van der Waals surface area contributed by atoms with E-state index >= 15 is 0 Å². The minimum absolute atomic E-state index is 0.0415. The van der Waals surface area contributed by atoms with Gasteiger partial charge < -0.3 is 9.84 Å². The summed E-state index contributed by atoms with van der Waals surface area (Å²) in [5.41, 5.74) is 1.38. The Hall–Kier alpha value is -2.38. The van der Waals surface area contributed by atoms with Gasteiger partial charge in [0.25, 0.3) is 0 Å². The van der Waals surface area contributed by atoms with Gasteiger partial charge in [0.05, 0.1) is 17.5 Å². The number of phenolic OH excluding ortho intramolecular Hbond substituents is 1. The average molecular weight is 348 g/mol. The van der Waals surface area contributed by atoms with Crippen molar-refractivity contribution < 1.29 is 18.3 Å². The Morgan fingerprint density at radius 3 is 2.50 bits per heavy atom. The number of nitrogens with two attached hydrogens (primary N) is 1. The van der Waals surface area contributed by atoms with Crippen LogP contribution >= 0.6 is 0 Å². The summed E-state index contributed by atoms with van der Waals surface area (Å²) in [7, 11) is -3.70. The van der Waals surface area contributed by atoms with Crippen molar-refractivity contribution in [3.8, 4) is 11.5 Å². The molecule has 0 radical (unpaired) electrons. The summed E-state index contributed by atoms with van der Waals surface area (Å²) in [6, 6.07) is 11.2. The second kappa shape index (κ2) is 7.46. The van der Waals surface area contributed by atoms with E-state index in [-0.39, 0.29) is 16.7 Å². The van der Waals surface area contributed by atoms with Gasteiger partial charge >= 0.3 is 0 Å². The van der Waals surface area contributed by atoms with Gasteiger partial charge in [-0.3, -0.25) is 4.99 Å². The van der Waals surface area contributed by atoms with Crippen LogP contribution in [0.3, 0.4) is 0 Å². The zero-order valence-corrected chi connectivity index (χ0v) is 14.3. The average Bonchev–Trinajstić information content (AvgIpc) is 2.55. The van der Waals surface area contributed by atoms with Crippen LogP contribution in [0.1, 0.15) is 31.0 Å². The molecule has 7 heteroatoms. The fourth-order valence-corrected chi connectivity index (χ4v) is 2.65. The molecule has 0 unspecified atom stereocenters. The minimum Gasteiger partial charge on any atom is -0.504 e. The maximum atomic E-state index is 11.3. The lowest BCUT2D eigenvalue weighted by molar-refractivity contribution is 0.318. The van der Waals surface area contributed by atoms with Gasteiger partial charge in [-0.2, -0.15) is 0 Å². The Kier molecular flexibility index (Phi) is 5.58. The number of nitrogens with zero attached hydrogens (tertiary/aromatic N) is 1. The molecule has 2 rings (SSSR count). The minimum atomic E-state index is -3.70. The topological polar surface area (TPSA) is 102 Å². The maximum Gasteiger partial charge on any atom is 0.238 e. The number of rotatable bonds is 6. The first-order valence-corrected chi connectivity index (χ1v) is 8.98. The number of primary sulfonamides is 1. The molecule has 0 saturated heterocycles. The van der Waals surface area contributed by atoms with Crippen LogP contribution in [0.4, 0.5) is 0 Å². The fraction of sp³-hybridized carbons (Fsp3) is 0.235. The van der Waals surface area contributed by atoms with Crippen LogP contribution in [-0.2, 0) is 10.0 Å². The molecule has 2 aromatic carbocycles. The van der Waals surface area contributed by atoms with E-state index in [9.17, 15) is 13.5 Å². The van der Waals surface area contributed by atoms with Crippen molar-refractivity contribution in [1.29, 1.82) is 0 Å². The predicted octanol–water partition coefficient (Wildman–Crippen LogP) is 2.62. The molecule has 24 heavy (non-hydrogen) atoms. The van der Waals surface area contributed by atoms with Crippen LogP contribution in [-0.4, -0.2) is 26.3 Å². The van der Waals surface area contributed by atoms with Gasteiger partial charge in [-0.1, -0.05) is 18.2 Å². The second-order valence-corrected chi connectivity index (χ2v) is 6.76. The summed E-state index contributed by atoms with van der Waals surface area (Å²) >= 11 is 0. The van der Waals surface area contributed by atoms with E-state index in [1.807, 2.05) is 13.8 Å². The molecule has 0 aliphatic carbocycles. The number of aliphatic imine (C=N–C) groups is 1. The first-order chi connectivity index (χ1) is 11.3. The van der Waals surface area contributed by atoms with Crippen molar-refractivity contribution in [1.82, 2.24) is 0 Å². The van der Waals surface area contributed by atoms with Gasteiger partial charge in [0, 0.05) is 11.8 Å². The highest BCUT2D eigenvalue weighted by Gasteiger charge is 2.10. The van der Waals surface area contributed by atoms with E-state index in [1.54, 1.807) is 36.5 Å². The molecule has 1 atom stereocenters. The van der Waals surface area contributed by atoms with Crippen LogP contribution in [0.5, 0.6) is 11.5 Å². The summed E-state index contributed by atoms with van der Waals surface area (Å²) < 4.78 is 27.8. The molecular weight excluding hydrogens is 328 g/mol. The summed E-state index contributed by atoms with van der Waals surface area (Å²) in [6.45, 7) is 4.17. The van der Waals surface area contributed by atoms with Crippen molar-refractivity contribution in [3.63, 3.8) is 0 Å². The molecule has 0 amide bonds. The van der Waals surface area contributed by atoms with Crippen LogP contribution < -0.4 is 9.88 Å². The number of para-hydroxylation sites is 1. The van der Waals surface area contributed by atoms with E-state index in [2.05, 4.69) is 4.99 Å². The quantitative estimate of drug-likeness (QED) is 0.783. The van der Waals surface area contributed by atoms with Crippen LogP contribution in [0, 0.1) is 0 Å². The molecule has 3 N–H and O–H groups in total. The zero-order valence-electron chi connectivity index (χ0n) is 13.5. The smallest absolute Gasteiger partial charge is 0.238 e. The Labute approximate surface area is 141 Å². The van der Waals surface area contributed by atoms with E-state index in [1.165, 1.54) is 12.1 Å². The second-order valence-electron chi connectivity index (χ2n) is 5.20. The number of aromatic hydroxyl groups is 1. The molecule has 6 nitrogen and oxygen atoms in total. The Bertz CT molecular complexity index is 830. The van der Waals surface area contributed by atoms with E-state index in [0.29, 0.717) is 17.9 Å². The highest BCUT2D eigenvalue weighted by molar-refractivity contribution is 7.89. The lowest BCUT2D eigenvalue weighted by atomic mass is 10.1. The van der Waals surface area contributed by atoms with E-state index in [4.69, 9.17) is 9.88 Å². The van der Waals surface area contributed by atoms with Crippen LogP contribution in [0.2, 0.25) is 0 Å². The van der Waals surface area contributed by atoms with Gasteiger partial charge in [-0.25, -0.2) is 13.6 Å². The van der Waals surface area contributed by atoms with Crippen molar-refractivity contribution >= 4 is 16.2 Å². The summed E-state index contributed by atoms with van der Waals surface area (Å²) in [5.74, 6) is 0.450. The Morgan fingerprint density at radius 1 is 1.25 bits per heavy atom. The predicted molar refractivity (Wildman–Crippen MR) is 93.1 cm³/mol. The Morgan fingerprint density at radius 2 is 1.92 bits per heavy atom. The SMILES string of the molecule is CCOc1cccc(C=N[C@H](C)c2ccc(S(N)(=O)=O)cc2)c1O. The molecule has 0 fully saturated rings. The molecule has 0 aliphatic heterocycles. The highest BCUT2D eigenvalue weighted by Crippen LogP contribution is 2.29. The van der Waals surface area contributed by atoms with Gasteiger partial charge in [0.1, 0.15) is 0 Å². The summed E-state index contributed by atoms with van der Waals surface area (Å²) in [4.78, 5) is 4.46. The van der Waals surface area contributed by atoms with E-state index in [0.717, 1.165) is 5.56 Å². The normalized spacial score (nSPS) is 13.1. The summed E-state index contributed by atoms with van der Waals surface area (Å²) in [5, 5.41) is 15.2. The number of phenols is 1. The lowest BCUT2D eigenvalue weighted by Gasteiger charge is -2.09. The Balaban J connectivity index is 2.19. The van der Waals surface area contributed by atoms with Crippen LogP contribution in [0.15, 0.2) is 52.4 Å². The van der Waals surface area contributed by atoms with Crippen molar-refractivity contribution in [2.45, 2.75) is 24.8 Å². The number of sulfonamides is 1. The third kappa shape index (κ3) is 4.33. The summed E-state index contributed by atoms with van der Waals surface area (Å²) in [6.07, 6.45) is 1.57. The van der Waals surface area contributed by atoms with Crippen LogP contribution in [0.25, 0.3) is 0 Å². The highest BCUT2D eigenvalue weighted by atomic mass is 32.2. The van der Waals surface area contributed by atoms with Gasteiger partial charge in [-0.15, -0.1) is 0 Å². The van der Waals surface area contributed by atoms with Gasteiger partial charge in [0.15, 0.2) is 11.5 Å². The number of hydrogen-bond donors (Lipinski definition) is 2. The molecule has 2 aromatic rings. The molecule has 0 aromatic heterocycles. The first-order valence-electron chi connectivity index (χ1n) is 7.43. The number of ether oxygens (including phenoxy) is 1. The largest absolute Gasteiger partial charge is 0.504 e. The fourth-order valence-electron chi connectivity index (χ4n) is 2.13. The lowest BCUT2D eigenvalue weighted by Crippen LogP contribution is -2.12. The third-order valence-electron chi connectivity index (χ3n) is 3.46. The first kappa shape index (κ1) is 18.0. The maximum absolute atomic E-state index is 11.3.